The second-order valence-electron chi connectivity index (χ2n) is 4.18. The van der Waals surface area contributed by atoms with E-state index >= 15 is 0 Å². The van der Waals surface area contributed by atoms with E-state index in [4.69, 9.17) is 4.74 Å². The smallest absolute Gasteiger partial charge is 0.419 e. The van der Waals surface area contributed by atoms with Crippen LogP contribution in [0.3, 0.4) is 0 Å². The van der Waals surface area contributed by atoms with Gasteiger partial charge in [-0.05, 0) is 49.4 Å². The van der Waals surface area contributed by atoms with Crippen LogP contribution in [0.2, 0.25) is 0 Å². The van der Waals surface area contributed by atoms with Crippen molar-refractivity contribution < 1.29 is 19.4 Å². The van der Waals surface area contributed by atoms with Gasteiger partial charge in [0.2, 0.25) is 0 Å². The Morgan fingerprint density at radius 2 is 2.00 bits per heavy atom. The number of rotatable bonds is 1. The van der Waals surface area contributed by atoms with Gasteiger partial charge in [0.15, 0.2) is 0 Å². The van der Waals surface area contributed by atoms with E-state index in [0.29, 0.717) is 3.57 Å². The topological polar surface area (TPSA) is 71.4 Å². The number of carbonyl (C=O) groups excluding carboxylic acids is 2. The zero-order valence-corrected chi connectivity index (χ0v) is 11.3. The van der Waals surface area contributed by atoms with Gasteiger partial charge >= 0.3 is 6.09 Å². The highest BCUT2D eigenvalue weighted by Crippen LogP contribution is 2.14. The van der Waals surface area contributed by atoms with Crippen molar-refractivity contribution in [3.63, 3.8) is 0 Å². The lowest BCUT2D eigenvalue weighted by Crippen LogP contribution is -2.31. The predicted octanol–water partition coefficient (Wildman–Crippen LogP) is 1.24. The average Bonchev–Trinajstić information content (AvgIpc) is 2.44. The lowest BCUT2D eigenvalue weighted by Gasteiger charge is -2.20. The SMILES string of the molecule is CC(C)(C)OC(=O)n1cc(I)cc1C(=O)[O-]. The molecular weight excluding hydrogens is 325 g/mol. The highest BCUT2D eigenvalue weighted by molar-refractivity contribution is 14.1. The second kappa shape index (κ2) is 4.44. The van der Waals surface area contributed by atoms with Crippen molar-refractivity contribution in [2.24, 2.45) is 0 Å². The lowest BCUT2D eigenvalue weighted by molar-refractivity contribution is -0.255. The fourth-order valence-electron chi connectivity index (χ4n) is 1.05. The number of halogens is 1. The normalized spacial score (nSPS) is 11.2. The molecule has 0 bridgehead atoms. The summed E-state index contributed by atoms with van der Waals surface area (Å²) in [5.74, 6) is -1.41. The van der Waals surface area contributed by atoms with Crippen molar-refractivity contribution in [1.82, 2.24) is 4.57 Å². The van der Waals surface area contributed by atoms with E-state index in [1.165, 1.54) is 12.3 Å². The zero-order valence-electron chi connectivity index (χ0n) is 9.11. The summed E-state index contributed by atoms with van der Waals surface area (Å²) in [4.78, 5) is 22.4. The molecule has 88 valence electrons. The Morgan fingerprint density at radius 3 is 2.44 bits per heavy atom. The van der Waals surface area contributed by atoms with Crippen molar-refractivity contribution in [3.05, 3.63) is 21.5 Å². The van der Waals surface area contributed by atoms with Crippen LogP contribution in [0.5, 0.6) is 0 Å². The molecular formula is C10H11INO4-. The molecule has 0 aliphatic rings. The van der Waals surface area contributed by atoms with Gasteiger partial charge in [0.25, 0.3) is 0 Å². The molecule has 0 aliphatic heterocycles. The first-order valence-corrected chi connectivity index (χ1v) is 5.61. The number of carboxylic acid groups (broad SMARTS) is 1. The molecule has 0 saturated carbocycles. The summed E-state index contributed by atoms with van der Waals surface area (Å²) in [6, 6.07) is 1.35. The molecule has 1 rings (SSSR count). The third-order valence-electron chi connectivity index (χ3n) is 1.59. The van der Waals surface area contributed by atoms with Crippen molar-refractivity contribution in [1.29, 1.82) is 0 Å². The van der Waals surface area contributed by atoms with Crippen LogP contribution in [0.1, 0.15) is 31.3 Å². The molecule has 0 fully saturated rings. The third kappa shape index (κ3) is 3.22. The Morgan fingerprint density at radius 1 is 1.44 bits per heavy atom. The molecule has 0 N–H and O–H groups in total. The van der Waals surface area contributed by atoms with Gasteiger partial charge in [-0.25, -0.2) is 4.79 Å². The van der Waals surface area contributed by atoms with E-state index < -0.39 is 17.7 Å². The quantitative estimate of drug-likeness (QED) is 0.724. The van der Waals surface area contributed by atoms with Gasteiger partial charge in [0.05, 0.1) is 11.7 Å². The van der Waals surface area contributed by atoms with Gasteiger partial charge in [-0.3, -0.25) is 4.57 Å². The highest BCUT2D eigenvalue weighted by Gasteiger charge is 2.20. The maximum Gasteiger partial charge on any atom is 0.419 e. The van der Waals surface area contributed by atoms with E-state index in [0.717, 1.165) is 4.57 Å². The van der Waals surface area contributed by atoms with E-state index in [9.17, 15) is 14.7 Å². The first-order chi connectivity index (χ1) is 7.20. The average molecular weight is 336 g/mol. The van der Waals surface area contributed by atoms with Crippen LogP contribution >= 0.6 is 22.6 Å². The molecule has 0 aromatic carbocycles. The summed E-state index contributed by atoms with van der Waals surface area (Å²) >= 11 is 1.91. The number of carboxylic acids is 1. The summed E-state index contributed by atoms with van der Waals surface area (Å²) in [7, 11) is 0. The highest BCUT2D eigenvalue weighted by atomic mass is 127. The standard InChI is InChI=1S/C10H12INO4/c1-10(2,3)16-9(15)12-5-6(11)4-7(12)8(13)14/h4-5H,1-3H3,(H,13,14)/p-1. The Bertz CT molecular complexity index is 431. The maximum absolute atomic E-state index is 11.6. The lowest BCUT2D eigenvalue weighted by atomic mass is 10.2. The van der Waals surface area contributed by atoms with Gasteiger partial charge < -0.3 is 14.6 Å². The zero-order chi connectivity index (χ0) is 12.5. The van der Waals surface area contributed by atoms with Crippen molar-refractivity contribution in [2.75, 3.05) is 0 Å². The molecule has 1 heterocycles. The molecule has 0 atom stereocenters. The van der Waals surface area contributed by atoms with Crippen molar-refractivity contribution in [2.45, 2.75) is 26.4 Å². The van der Waals surface area contributed by atoms with Crippen LogP contribution in [0.25, 0.3) is 0 Å². The summed E-state index contributed by atoms with van der Waals surface area (Å²) in [5.41, 5.74) is -0.880. The van der Waals surface area contributed by atoms with Gasteiger partial charge in [-0.15, -0.1) is 0 Å². The molecule has 0 unspecified atom stereocenters. The molecule has 1 aromatic heterocycles. The number of aromatic nitrogens is 1. The number of nitrogens with zero attached hydrogens (tertiary/aromatic N) is 1. The summed E-state index contributed by atoms with van der Waals surface area (Å²) in [6.07, 6.45) is 0.661. The molecule has 0 spiro atoms. The van der Waals surface area contributed by atoms with Crippen molar-refractivity contribution >= 4 is 34.7 Å². The minimum absolute atomic E-state index is 0.210. The fraction of sp³-hybridized carbons (Fsp3) is 0.400. The Kier molecular flexibility index (Phi) is 3.61. The third-order valence-corrected chi connectivity index (χ3v) is 2.18. The monoisotopic (exact) mass is 336 g/mol. The number of hydrogen-bond donors (Lipinski definition) is 0. The van der Waals surface area contributed by atoms with Gasteiger partial charge in [-0.1, -0.05) is 0 Å². The summed E-state index contributed by atoms with van der Waals surface area (Å²) in [5, 5.41) is 10.8. The Balaban J connectivity index is 3.04. The first-order valence-electron chi connectivity index (χ1n) is 4.53. The molecule has 0 aliphatic carbocycles. The van der Waals surface area contributed by atoms with E-state index in [-0.39, 0.29) is 5.69 Å². The molecule has 1 aromatic rings. The molecule has 0 saturated heterocycles. The van der Waals surface area contributed by atoms with Gasteiger partial charge in [0.1, 0.15) is 5.60 Å². The Hall–Kier alpha value is -1.05. The summed E-state index contributed by atoms with van der Waals surface area (Å²) < 4.78 is 6.62. The van der Waals surface area contributed by atoms with E-state index in [1.807, 2.05) is 22.6 Å². The number of carbonyl (C=O) groups is 2. The summed E-state index contributed by atoms with van der Waals surface area (Å²) in [6.45, 7) is 5.12. The molecule has 0 radical (unpaired) electrons. The molecule has 16 heavy (non-hydrogen) atoms. The van der Waals surface area contributed by atoms with Crippen molar-refractivity contribution in [3.8, 4) is 0 Å². The van der Waals surface area contributed by atoms with Crippen LogP contribution in [-0.4, -0.2) is 22.2 Å². The number of hydrogen-bond acceptors (Lipinski definition) is 4. The van der Waals surface area contributed by atoms with Crippen LogP contribution in [0, 0.1) is 3.57 Å². The van der Waals surface area contributed by atoms with Gasteiger partial charge in [-0.2, -0.15) is 0 Å². The van der Waals surface area contributed by atoms with Gasteiger partial charge in [0, 0.05) is 9.77 Å². The maximum atomic E-state index is 11.6. The molecule has 5 nitrogen and oxygen atoms in total. The largest absolute Gasteiger partial charge is 0.543 e. The van der Waals surface area contributed by atoms with E-state index in [1.54, 1.807) is 20.8 Å². The van der Waals surface area contributed by atoms with Crippen LogP contribution < -0.4 is 5.11 Å². The Labute approximate surface area is 107 Å². The first kappa shape index (κ1) is 13.0. The minimum Gasteiger partial charge on any atom is -0.543 e. The minimum atomic E-state index is -1.41. The molecule has 0 amide bonds. The fourth-order valence-corrected chi connectivity index (χ4v) is 1.62. The number of aromatic carboxylic acids is 1. The number of ether oxygens (including phenoxy) is 1. The second-order valence-corrected chi connectivity index (χ2v) is 5.43. The predicted molar refractivity (Wildman–Crippen MR) is 63.1 cm³/mol. The van der Waals surface area contributed by atoms with Crippen LogP contribution in [0.15, 0.2) is 12.3 Å². The van der Waals surface area contributed by atoms with Crippen LogP contribution in [-0.2, 0) is 4.74 Å². The van der Waals surface area contributed by atoms with E-state index in [2.05, 4.69) is 0 Å². The van der Waals surface area contributed by atoms with Crippen LogP contribution in [0.4, 0.5) is 4.79 Å². The molecule has 6 heteroatoms.